The van der Waals surface area contributed by atoms with Crippen LogP contribution in [0.1, 0.15) is 55.5 Å². The lowest BCUT2D eigenvalue weighted by molar-refractivity contribution is 0.177. The average molecular weight is 392 g/mol. The van der Waals surface area contributed by atoms with Crippen LogP contribution < -0.4 is 10.6 Å². The SMILES string of the molecule is CCNC(=NCc1csc(C(C)C)n1)NC1CCc2nc(COC)nn2C1. The Kier molecular flexibility index (Phi) is 6.78. The van der Waals surface area contributed by atoms with E-state index >= 15 is 0 Å². The molecule has 0 bridgehead atoms. The van der Waals surface area contributed by atoms with E-state index in [1.807, 2.05) is 4.68 Å². The molecular weight excluding hydrogens is 362 g/mol. The summed E-state index contributed by atoms with van der Waals surface area (Å²) in [7, 11) is 1.66. The maximum atomic E-state index is 5.13. The normalized spacial score (nSPS) is 17.2. The van der Waals surface area contributed by atoms with E-state index < -0.39 is 0 Å². The molecule has 9 heteroatoms. The smallest absolute Gasteiger partial charge is 0.191 e. The molecule has 2 aromatic rings. The number of hydrogen-bond donors (Lipinski definition) is 2. The van der Waals surface area contributed by atoms with Crippen LogP contribution in [0.5, 0.6) is 0 Å². The fraction of sp³-hybridized carbons (Fsp3) is 0.667. The second kappa shape index (κ2) is 9.27. The van der Waals surface area contributed by atoms with E-state index in [2.05, 4.69) is 51.9 Å². The number of ether oxygens (including phenoxy) is 1. The molecule has 0 spiro atoms. The first-order valence-corrected chi connectivity index (χ1v) is 10.4. The van der Waals surface area contributed by atoms with Crippen LogP contribution in [-0.4, -0.2) is 45.4 Å². The summed E-state index contributed by atoms with van der Waals surface area (Å²) in [5.74, 6) is 3.06. The zero-order valence-corrected chi connectivity index (χ0v) is 17.3. The lowest BCUT2D eigenvalue weighted by atomic mass is 10.1. The van der Waals surface area contributed by atoms with Crippen LogP contribution in [0, 0.1) is 0 Å². The van der Waals surface area contributed by atoms with Crippen LogP contribution >= 0.6 is 11.3 Å². The van der Waals surface area contributed by atoms with E-state index in [1.54, 1.807) is 18.4 Å². The molecule has 8 nitrogen and oxygen atoms in total. The van der Waals surface area contributed by atoms with E-state index in [-0.39, 0.29) is 6.04 Å². The summed E-state index contributed by atoms with van der Waals surface area (Å²) >= 11 is 1.71. The van der Waals surface area contributed by atoms with Crippen molar-refractivity contribution in [2.24, 2.45) is 4.99 Å². The molecule has 0 amide bonds. The van der Waals surface area contributed by atoms with Gasteiger partial charge in [-0.3, -0.25) is 0 Å². The Morgan fingerprint density at radius 3 is 3.00 bits per heavy atom. The zero-order valence-electron chi connectivity index (χ0n) is 16.5. The fourth-order valence-electron chi connectivity index (χ4n) is 3.00. The Hall–Kier alpha value is -2.00. The van der Waals surface area contributed by atoms with E-state index in [0.717, 1.165) is 54.2 Å². The Morgan fingerprint density at radius 2 is 2.30 bits per heavy atom. The van der Waals surface area contributed by atoms with Crippen molar-refractivity contribution in [2.75, 3.05) is 13.7 Å². The number of aryl methyl sites for hydroxylation is 1. The summed E-state index contributed by atoms with van der Waals surface area (Å²) in [4.78, 5) is 13.9. The number of aliphatic imine (C=N–C) groups is 1. The van der Waals surface area contributed by atoms with E-state index in [9.17, 15) is 0 Å². The summed E-state index contributed by atoms with van der Waals surface area (Å²) in [5, 5.41) is 14.7. The van der Waals surface area contributed by atoms with Gasteiger partial charge in [0, 0.05) is 37.4 Å². The molecule has 2 aromatic heterocycles. The summed E-state index contributed by atoms with van der Waals surface area (Å²) in [6.07, 6.45) is 1.90. The van der Waals surface area contributed by atoms with E-state index in [4.69, 9.17) is 9.73 Å². The lowest BCUT2D eigenvalue weighted by Gasteiger charge is -2.25. The van der Waals surface area contributed by atoms with E-state index in [0.29, 0.717) is 19.1 Å². The van der Waals surface area contributed by atoms with Crippen molar-refractivity contribution in [1.29, 1.82) is 0 Å². The number of nitrogens with one attached hydrogen (secondary N) is 2. The van der Waals surface area contributed by atoms with Gasteiger partial charge in [-0.15, -0.1) is 11.3 Å². The average Bonchev–Trinajstić information content (AvgIpc) is 3.26. The molecule has 3 rings (SSSR count). The van der Waals surface area contributed by atoms with Gasteiger partial charge in [0.05, 0.1) is 23.8 Å². The minimum absolute atomic E-state index is 0.272. The molecule has 3 heterocycles. The van der Waals surface area contributed by atoms with Gasteiger partial charge in [-0.05, 0) is 13.3 Å². The van der Waals surface area contributed by atoms with Crippen molar-refractivity contribution in [3.63, 3.8) is 0 Å². The molecule has 1 unspecified atom stereocenters. The molecule has 0 aliphatic carbocycles. The third-order valence-corrected chi connectivity index (χ3v) is 5.52. The van der Waals surface area contributed by atoms with Crippen molar-refractivity contribution in [1.82, 2.24) is 30.4 Å². The first kappa shape index (κ1) is 19.8. The largest absolute Gasteiger partial charge is 0.377 e. The fourth-order valence-corrected chi connectivity index (χ4v) is 3.83. The summed E-state index contributed by atoms with van der Waals surface area (Å²) < 4.78 is 7.11. The van der Waals surface area contributed by atoms with Gasteiger partial charge >= 0.3 is 0 Å². The topological polar surface area (TPSA) is 89.2 Å². The number of hydrogen-bond acceptors (Lipinski definition) is 6. The second-order valence-electron chi connectivity index (χ2n) is 6.97. The Labute approximate surface area is 164 Å². The predicted octanol–water partition coefficient (Wildman–Crippen LogP) is 2.07. The molecule has 1 aliphatic rings. The van der Waals surface area contributed by atoms with Gasteiger partial charge in [0.15, 0.2) is 11.8 Å². The molecule has 0 fully saturated rings. The molecule has 1 aliphatic heterocycles. The molecule has 0 aromatic carbocycles. The number of nitrogens with zero attached hydrogens (tertiary/aromatic N) is 5. The van der Waals surface area contributed by atoms with Crippen molar-refractivity contribution >= 4 is 17.3 Å². The first-order valence-electron chi connectivity index (χ1n) is 9.49. The van der Waals surface area contributed by atoms with Crippen LogP contribution in [0.3, 0.4) is 0 Å². The summed E-state index contributed by atoms with van der Waals surface area (Å²) in [5.41, 5.74) is 1.02. The molecule has 148 valence electrons. The maximum Gasteiger partial charge on any atom is 0.191 e. The van der Waals surface area contributed by atoms with Crippen LogP contribution in [-0.2, 0) is 30.9 Å². The highest BCUT2D eigenvalue weighted by Gasteiger charge is 2.22. The Morgan fingerprint density at radius 1 is 1.44 bits per heavy atom. The number of aromatic nitrogens is 4. The predicted molar refractivity (Wildman–Crippen MR) is 107 cm³/mol. The van der Waals surface area contributed by atoms with Crippen molar-refractivity contribution in [3.05, 3.63) is 27.7 Å². The maximum absolute atomic E-state index is 5.13. The molecular formula is C18H29N7OS. The first-order chi connectivity index (χ1) is 13.1. The molecule has 1 atom stereocenters. The van der Waals surface area contributed by atoms with Gasteiger partial charge in [-0.2, -0.15) is 5.10 Å². The number of thiazole rings is 1. The summed E-state index contributed by atoms with van der Waals surface area (Å²) in [6, 6.07) is 0.272. The minimum atomic E-state index is 0.272. The van der Waals surface area contributed by atoms with Gasteiger partial charge in [0.1, 0.15) is 12.4 Å². The number of guanidine groups is 1. The Balaban J connectivity index is 1.61. The monoisotopic (exact) mass is 391 g/mol. The number of methoxy groups -OCH3 is 1. The van der Waals surface area contributed by atoms with Gasteiger partial charge in [-0.1, -0.05) is 13.8 Å². The lowest BCUT2D eigenvalue weighted by Crippen LogP contribution is -2.47. The second-order valence-corrected chi connectivity index (χ2v) is 7.86. The van der Waals surface area contributed by atoms with Crippen LogP contribution in [0.25, 0.3) is 0 Å². The van der Waals surface area contributed by atoms with Gasteiger partial charge in [0.25, 0.3) is 0 Å². The third kappa shape index (κ3) is 5.26. The highest BCUT2D eigenvalue weighted by Crippen LogP contribution is 2.19. The molecule has 27 heavy (non-hydrogen) atoms. The third-order valence-electron chi connectivity index (χ3n) is 4.32. The highest BCUT2D eigenvalue weighted by molar-refractivity contribution is 7.09. The van der Waals surface area contributed by atoms with Gasteiger partial charge in [0.2, 0.25) is 0 Å². The van der Waals surface area contributed by atoms with Crippen molar-refractivity contribution in [2.45, 2.75) is 65.3 Å². The Bertz CT molecular complexity index is 768. The zero-order chi connectivity index (χ0) is 19.2. The van der Waals surface area contributed by atoms with Crippen LogP contribution in [0.4, 0.5) is 0 Å². The minimum Gasteiger partial charge on any atom is -0.377 e. The van der Waals surface area contributed by atoms with Crippen LogP contribution in [0.2, 0.25) is 0 Å². The summed E-state index contributed by atoms with van der Waals surface area (Å²) in [6.45, 7) is 9.04. The van der Waals surface area contributed by atoms with Gasteiger partial charge in [-0.25, -0.2) is 19.6 Å². The highest BCUT2D eigenvalue weighted by atomic mass is 32.1. The van der Waals surface area contributed by atoms with E-state index in [1.165, 1.54) is 0 Å². The van der Waals surface area contributed by atoms with Crippen molar-refractivity contribution < 1.29 is 4.74 Å². The molecule has 2 N–H and O–H groups in total. The number of rotatable bonds is 7. The molecule has 0 radical (unpaired) electrons. The standard InChI is InChI=1S/C18H29N7OS/c1-5-19-18(20-8-14-11-27-17(21-14)12(2)3)22-13-6-7-16-23-15(10-26-4)24-25(16)9-13/h11-13H,5-10H2,1-4H3,(H2,19,20,22). The van der Waals surface area contributed by atoms with Crippen molar-refractivity contribution in [3.8, 4) is 0 Å². The van der Waals surface area contributed by atoms with Gasteiger partial charge < -0.3 is 15.4 Å². The quantitative estimate of drug-likeness (QED) is 0.555. The molecule has 0 saturated heterocycles. The number of fused-ring (bicyclic) bond motifs is 1. The van der Waals surface area contributed by atoms with Crippen LogP contribution in [0.15, 0.2) is 10.4 Å². The molecule has 0 saturated carbocycles.